The first kappa shape index (κ1) is 20.3. The predicted molar refractivity (Wildman–Crippen MR) is 107 cm³/mol. The van der Waals surface area contributed by atoms with Gasteiger partial charge in [0.15, 0.2) is 0 Å². The van der Waals surface area contributed by atoms with E-state index in [1.54, 1.807) is 11.7 Å². The van der Waals surface area contributed by atoms with Crippen LogP contribution in [0.4, 0.5) is 0 Å². The number of rotatable bonds is 9. The Balaban J connectivity index is 1.75. The van der Waals surface area contributed by atoms with Gasteiger partial charge in [0.2, 0.25) is 5.91 Å². The van der Waals surface area contributed by atoms with Crippen LogP contribution in [0.3, 0.4) is 0 Å². The third kappa shape index (κ3) is 4.90. The van der Waals surface area contributed by atoms with E-state index in [4.69, 9.17) is 4.74 Å². The molecule has 1 aromatic heterocycles. The Morgan fingerprint density at radius 1 is 1.29 bits per heavy atom. The lowest BCUT2D eigenvalue weighted by atomic mass is 10.1. The van der Waals surface area contributed by atoms with Crippen molar-refractivity contribution in [1.82, 2.24) is 19.2 Å². The normalized spacial score (nSPS) is 16.6. The fourth-order valence-electron chi connectivity index (χ4n) is 3.69. The summed E-state index contributed by atoms with van der Waals surface area (Å²) in [5.74, 6) is 1.08. The van der Waals surface area contributed by atoms with Crippen molar-refractivity contribution >= 4 is 5.91 Å². The lowest BCUT2D eigenvalue weighted by Gasteiger charge is -2.16. The maximum atomic E-state index is 12.9. The second-order valence-corrected chi connectivity index (χ2v) is 7.48. The van der Waals surface area contributed by atoms with E-state index in [0.29, 0.717) is 25.6 Å². The average molecular weight is 386 g/mol. The molecule has 0 spiro atoms. The molecule has 1 aliphatic heterocycles. The van der Waals surface area contributed by atoms with Crippen LogP contribution in [-0.4, -0.2) is 52.0 Å². The Morgan fingerprint density at radius 2 is 2.07 bits per heavy atom. The molecule has 28 heavy (non-hydrogen) atoms. The monoisotopic (exact) mass is 386 g/mol. The van der Waals surface area contributed by atoms with Crippen LogP contribution >= 0.6 is 0 Å². The minimum absolute atomic E-state index is 0.000545. The van der Waals surface area contributed by atoms with Gasteiger partial charge in [0.25, 0.3) is 0 Å². The van der Waals surface area contributed by atoms with Gasteiger partial charge in [0.05, 0.1) is 13.2 Å². The highest BCUT2D eigenvalue weighted by Gasteiger charge is 2.27. The summed E-state index contributed by atoms with van der Waals surface area (Å²) < 4.78 is 8.23. The number of carbonyl (C=O) groups excluding carboxylic acids is 1. The largest absolute Gasteiger partial charge is 0.384 e. The number of likely N-dealkylation sites (tertiary alicyclic amines) is 1. The maximum absolute atomic E-state index is 12.9. The Morgan fingerprint density at radius 3 is 2.79 bits per heavy atom. The number of carbonyl (C=O) groups is 1. The first-order valence-corrected chi connectivity index (χ1v) is 10.1. The highest BCUT2D eigenvalue weighted by atomic mass is 16.5. The molecular formula is C21H30N4O3. The Labute approximate surface area is 165 Å². The molecule has 0 radical (unpaired) electrons. The molecule has 2 heterocycles. The van der Waals surface area contributed by atoms with E-state index in [1.807, 2.05) is 35.2 Å². The SMILES string of the molecule is CCCCc1nn(CC(=O)N2CC[C@@H](COC)C2)c(=O)n1Cc1ccccc1. The van der Waals surface area contributed by atoms with Crippen molar-refractivity contribution in [3.8, 4) is 0 Å². The minimum atomic E-state index is -0.212. The molecule has 0 saturated carbocycles. The molecule has 1 aromatic carbocycles. The summed E-state index contributed by atoms with van der Waals surface area (Å²) in [6.45, 7) is 4.66. The zero-order chi connectivity index (χ0) is 19.9. The van der Waals surface area contributed by atoms with E-state index >= 15 is 0 Å². The predicted octanol–water partition coefficient (Wildman–Crippen LogP) is 1.93. The minimum Gasteiger partial charge on any atom is -0.384 e. The Bertz CT molecular complexity index is 828. The second-order valence-electron chi connectivity index (χ2n) is 7.48. The number of methoxy groups -OCH3 is 1. The first-order chi connectivity index (χ1) is 13.6. The van der Waals surface area contributed by atoms with E-state index in [9.17, 15) is 9.59 Å². The van der Waals surface area contributed by atoms with Crippen LogP contribution in [-0.2, 0) is 29.0 Å². The van der Waals surface area contributed by atoms with Gasteiger partial charge in [-0.25, -0.2) is 9.48 Å². The van der Waals surface area contributed by atoms with Gasteiger partial charge in [-0.2, -0.15) is 5.10 Å². The molecule has 3 rings (SSSR count). The number of hydrogen-bond donors (Lipinski definition) is 0. The van der Waals surface area contributed by atoms with E-state index in [1.165, 1.54) is 4.68 Å². The first-order valence-electron chi connectivity index (χ1n) is 10.1. The molecular weight excluding hydrogens is 356 g/mol. The molecule has 1 aliphatic rings. The molecule has 152 valence electrons. The van der Waals surface area contributed by atoms with Crippen molar-refractivity contribution in [2.24, 2.45) is 5.92 Å². The number of aryl methyl sites for hydroxylation is 1. The molecule has 2 aromatic rings. The zero-order valence-electron chi connectivity index (χ0n) is 16.8. The van der Waals surface area contributed by atoms with Gasteiger partial charge in [-0.05, 0) is 18.4 Å². The number of hydrogen-bond acceptors (Lipinski definition) is 4. The summed E-state index contributed by atoms with van der Waals surface area (Å²) in [5.41, 5.74) is 0.839. The van der Waals surface area contributed by atoms with E-state index in [0.717, 1.165) is 43.6 Å². The lowest BCUT2D eigenvalue weighted by molar-refractivity contribution is -0.131. The fraction of sp³-hybridized carbons (Fsp3) is 0.571. The quantitative estimate of drug-likeness (QED) is 0.660. The maximum Gasteiger partial charge on any atom is 0.346 e. The highest BCUT2D eigenvalue weighted by Crippen LogP contribution is 2.16. The number of aromatic nitrogens is 3. The Kier molecular flexibility index (Phi) is 7.03. The van der Waals surface area contributed by atoms with Crippen LogP contribution in [0.5, 0.6) is 0 Å². The summed E-state index contributed by atoms with van der Waals surface area (Å²) in [4.78, 5) is 27.5. The number of benzene rings is 1. The van der Waals surface area contributed by atoms with E-state index < -0.39 is 0 Å². The van der Waals surface area contributed by atoms with Gasteiger partial charge in [0, 0.05) is 32.5 Å². The standard InChI is InChI=1S/C21H30N4O3/c1-3-4-10-19-22-25(15-20(26)23-12-11-18(13-23)16-28-2)21(27)24(19)14-17-8-6-5-7-9-17/h5-9,18H,3-4,10-16H2,1-2H3/t18-/m1/s1. The molecule has 7 nitrogen and oxygen atoms in total. The molecule has 0 aliphatic carbocycles. The fourth-order valence-corrected chi connectivity index (χ4v) is 3.69. The van der Waals surface area contributed by atoms with Crippen molar-refractivity contribution in [3.63, 3.8) is 0 Å². The number of amides is 1. The van der Waals surface area contributed by atoms with Gasteiger partial charge in [0.1, 0.15) is 12.4 Å². The third-order valence-corrected chi connectivity index (χ3v) is 5.26. The number of nitrogens with zero attached hydrogens (tertiary/aromatic N) is 4. The van der Waals surface area contributed by atoms with Gasteiger partial charge in [-0.15, -0.1) is 0 Å². The summed E-state index contributed by atoms with van der Waals surface area (Å²) in [6, 6.07) is 9.88. The molecule has 1 fully saturated rings. The summed E-state index contributed by atoms with van der Waals surface area (Å²) >= 11 is 0. The topological polar surface area (TPSA) is 69.4 Å². The zero-order valence-corrected chi connectivity index (χ0v) is 16.8. The smallest absolute Gasteiger partial charge is 0.346 e. The van der Waals surface area contributed by atoms with Crippen LogP contribution in [0.25, 0.3) is 0 Å². The number of ether oxygens (including phenoxy) is 1. The van der Waals surface area contributed by atoms with Crippen molar-refractivity contribution in [3.05, 3.63) is 52.2 Å². The van der Waals surface area contributed by atoms with Crippen molar-refractivity contribution in [2.75, 3.05) is 26.8 Å². The van der Waals surface area contributed by atoms with E-state index in [-0.39, 0.29) is 18.1 Å². The average Bonchev–Trinajstić information content (AvgIpc) is 3.28. The molecule has 0 unspecified atom stereocenters. The second kappa shape index (κ2) is 9.68. The van der Waals surface area contributed by atoms with Gasteiger partial charge >= 0.3 is 5.69 Å². The Hall–Kier alpha value is -2.41. The molecule has 0 bridgehead atoms. The van der Waals surface area contributed by atoms with Gasteiger partial charge in [-0.1, -0.05) is 43.7 Å². The van der Waals surface area contributed by atoms with Gasteiger partial charge < -0.3 is 9.64 Å². The molecule has 1 atom stereocenters. The van der Waals surface area contributed by atoms with Crippen molar-refractivity contribution in [2.45, 2.75) is 45.7 Å². The highest BCUT2D eigenvalue weighted by molar-refractivity contribution is 5.76. The number of unbranched alkanes of at least 4 members (excludes halogenated alkanes) is 1. The van der Waals surface area contributed by atoms with Crippen LogP contribution in [0, 0.1) is 5.92 Å². The van der Waals surface area contributed by atoms with Gasteiger partial charge in [-0.3, -0.25) is 9.36 Å². The van der Waals surface area contributed by atoms with Crippen LogP contribution < -0.4 is 5.69 Å². The van der Waals surface area contributed by atoms with Crippen LogP contribution in [0.2, 0.25) is 0 Å². The van der Waals surface area contributed by atoms with Crippen LogP contribution in [0.15, 0.2) is 35.1 Å². The summed E-state index contributed by atoms with van der Waals surface area (Å²) in [5, 5.41) is 4.51. The van der Waals surface area contributed by atoms with E-state index in [2.05, 4.69) is 12.0 Å². The summed E-state index contributed by atoms with van der Waals surface area (Å²) in [7, 11) is 1.68. The lowest BCUT2D eigenvalue weighted by Crippen LogP contribution is -2.36. The van der Waals surface area contributed by atoms with Crippen LogP contribution in [0.1, 0.15) is 37.6 Å². The molecule has 1 saturated heterocycles. The third-order valence-electron chi connectivity index (χ3n) is 5.26. The molecule has 7 heteroatoms. The summed E-state index contributed by atoms with van der Waals surface area (Å²) in [6.07, 6.45) is 3.67. The molecule has 1 amide bonds. The van der Waals surface area contributed by atoms with Crippen molar-refractivity contribution in [1.29, 1.82) is 0 Å². The molecule has 0 N–H and O–H groups in total. The van der Waals surface area contributed by atoms with Crippen molar-refractivity contribution < 1.29 is 9.53 Å².